The molecule has 2 N–H and O–H groups in total. The Kier molecular flexibility index (Phi) is 3.82. The number of likely N-dealkylation sites (tertiary alicyclic amines) is 1. The molecule has 3 unspecified atom stereocenters. The van der Waals surface area contributed by atoms with Crippen molar-refractivity contribution in [1.82, 2.24) is 10.2 Å². The van der Waals surface area contributed by atoms with Gasteiger partial charge in [0.1, 0.15) is 0 Å². The second kappa shape index (κ2) is 5.15. The first kappa shape index (κ1) is 11.9. The highest BCUT2D eigenvalue weighted by Gasteiger charge is 2.35. The van der Waals surface area contributed by atoms with E-state index in [9.17, 15) is 9.90 Å². The minimum atomic E-state index is -0.407. The summed E-state index contributed by atoms with van der Waals surface area (Å²) in [7, 11) is 0. The zero-order chi connectivity index (χ0) is 11.5. The van der Waals surface area contributed by atoms with Crippen molar-refractivity contribution in [3.05, 3.63) is 0 Å². The Hall–Kier alpha value is -0.610. The number of hydrogen-bond acceptors (Lipinski definition) is 3. The molecule has 0 bridgehead atoms. The second-order valence-electron chi connectivity index (χ2n) is 4.98. The van der Waals surface area contributed by atoms with Gasteiger partial charge < -0.3 is 15.3 Å². The van der Waals surface area contributed by atoms with Gasteiger partial charge in [-0.05, 0) is 39.2 Å². The molecule has 0 spiro atoms. The maximum atomic E-state index is 12.3. The van der Waals surface area contributed by atoms with E-state index in [1.807, 2.05) is 4.90 Å². The molecule has 2 saturated heterocycles. The Morgan fingerprint density at radius 2 is 2.19 bits per heavy atom. The third-order valence-corrected chi connectivity index (χ3v) is 3.75. The number of nitrogens with one attached hydrogen (secondary N) is 1. The predicted molar refractivity (Wildman–Crippen MR) is 62.1 cm³/mol. The van der Waals surface area contributed by atoms with Crippen molar-refractivity contribution in [1.29, 1.82) is 0 Å². The number of piperidine rings is 1. The Bertz CT molecular complexity index is 249. The topological polar surface area (TPSA) is 52.6 Å². The quantitative estimate of drug-likeness (QED) is 0.721. The van der Waals surface area contributed by atoms with E-state index in [2.05, 4.69) is 5.32 Å². The van der Waals surface area contributed by atoms with Crippen LogP contribution in [0.15, 0.2) is 0 Å². The van der Waals surface area contributed by atoms with Crippen LogP contribution in [0.1, 0.15) is 39.0 Å². The minimum absolute atomic E-state index is 0.00639. The molecule has 0 aromatic carbocycles. The van der Waals surface area contributed by atoms with E-state index in [-0.39, 0.29) is 18.0 Å². The molecule has 0 radical (unpaired) electrons. The third kappa shape index (κ3) is 2.38. The summed E-state index contributed by atoms with van der Waals surface area (Å²) in [6.07, 6.45) is 4.81. The summed E-state index contributed by atoms with van der Waals surface area (Å²) in [6.45, 7) is 3.54. The van der Waals surface area contributed by atoms with Gasteiger partial charge in [-0.2, -0.15) is 0 Å². The Balaban J connectivity index is 1.97. The lowest BCUT2D eigenvalue weighted by Gasteiger charge is -2.32. The summed E-state index contributed by atoms with van der Waals surface area (Å²) in [5, 5.41) is 12.9. The van der Waals surface area contributed by atoms with Crippen LogP contribution in [0.25, 0.3) is 0 Å². The van der Waals surface area contributed by atoms with Crippen LogP contribution >= 0.6 is 0 Å². The van der Waals surface area contributed by atoms with E-state index in [1.54, 1.807) is 6.92 Å². The Labute approximate surface area is 97.0 Å². The minimum Gasteiger partial charge on any atom is -0.391 e. The van der Waals surface area contributed by atoms with Crippen molar-refractivity contribution in [2.75, 3.05) is 13.1 Å². The molecule has 0 aromatic heterocycles. The number of rotatable bonds is 2. The molecule has 0 aliphatic carbocycles. The molecule has 0 saturated carbocycles. The van der Waals surface area contributed by atoms with Crippen LogP contribution in [0.5, 0.6) is 0 Å². The fourth-order valence-electron chi connectivity index (χ4n) is 2.83. The van der Waals surface area contributed by atoms with Gasteiger partial charge in [-0.15, -0.1) is 0 Å². The maximum absolute atomic E-state index is 12.3. The van der Waals surface area contributed by atoms with Gasteiger partial charge in [-0.25, -0.2) is 0 Å². The van der Waals surface area contributed by atoms with Crippen molar-refractivity contribution < 1.29 is 9.90 Å². The van der Waals surface area contributed by atoms with E-state index in [4.69, 9.17) is 0 Å². The first-order valence-corrected chi connectivity index (χ1v) is 6.42. The summed E-state index contributed by atoms with van der Waals surface area (Å²) >= 11 is 0. The van der Waals surface area contributed by atoms with E-state index in [1.165, 1.54) is 6.42 Å². The fraction of sp³-hybridized carbons (Fsp3) is 0.917. The molecule has 0 aromatic rings. The number of nitrogens with zero attached hydrogens (tertiary/aromatic N) is 1. The summed E-state index contributed by atoms with van der Waals surface area (Å²) in [4.78, 5) is 14.2. The van der Waals surface area contributed by atoms with Gasteiger partial charge in [-0.1, -0.05) is 6.42 Å². The maximum Gasteiger partial charge on any atom is 0.240 e. The lowest BCUT2D eigenvalue weighted by atomic mass is 10.0. The molecule has 1 amide bonds. The number of hydrogen-bond donors (Lipinski definition) is 2. The number of aliphatic hydroxyl groups excluding tert-OH is 1. The number of amides is 1. The fourth-order valence-corrected chi connectivity index (χ4v) is 2.83. The number of carbonyl (C=O) groups excluding carboxylic acids is 1. The average molecular weight is 226 g/mol. The van der Waals surface area contributed by atoms with Crippen LogP contribution in [-0.2, 0) is 4.79 Å². The molecule has 2 rings (SSSR count). The predicted octanol–water partition coefficient (Wildman–Crippen LogP) is 0.500. The van der Waals surface area contributed by atoms with Crippen LogP contribution in [0, 0.1) is 0 Å². The third-order valence-electron chi connectivity index (χ3n) is 3.75. The second-order valence-corrected chi connectivity index (χ2v) is 4.98. The summed E-state index contributed by atoms with van der Waals surface area (Å²) in [6, 6.07) is 0.0318. The molecular weight excluding hydrogens is 204 g/mol. The highest BCUT2D eigenvalue weighted by Crippen LogP contribution is 2.22. The number of carbonyl (C=O) groups is 1. The Morgan fingerprint density at radius 1 is 1.38 bits per heavy atom. The van der Waals surface area contributed by atoms with E-state index < -0.39 is 6.10 Å². The van der Waals surface area contributed by atoms with Crippen molar-refractivity contribution in [3.63, 3.8) is 0 Å². The molecule has 2 fully saturated rings. The molecule has 4 heteroatoms. The lowest BCUT2D eigenvalue weighted by Crippen LogP contribution is -2.52. The van der Waals surface area contributed by atoms with E-state index in [0.29, 0.717) is 0 Å². The smallest absolute Gasteiger partial charge is 0.240 e. The zero-order valence-corrected chi connectivity index (χ0v) is 9.98. The van der Waals surface area contributed by atoms with Crippen molar-refractivity contribution in [3.8, 4) is 0 Å². The zero-order valence-electron chi connectivity index (χ0n) is 9.98. The first-order valence-electron chi connectivity index (χ1n) is 6.42. The monoisotopic (exact) mass is 226 g/mol. The van der Waals surface area contributed by atoms with Crippen LogP contribution < -0.4 is 5.32 Å². The van der Waals surface area contributed by atoms with Crippen LogP contribution in [0.3, 0.4) is 0 Å². The van der Waals surface area contributed by atoms with Gasteiger partial charge >= 0.3 is 0 Å². The molecule has 3 atom stereocenters. The van der Waals surface area contributed by atoms with Crippen LogP contribution in [-0.4, -0.2) is 47.2 Å². The summed E-state index contributed by atoms with van der Waals surface area (Å²) in [5.41, 5.74) is 0. The first-order chi connectivity index (χ1) is 7.70. The van der Waals surface area contributed by atoms with Gasteiger partial charge in [-0.3, -0.25) is 4.79 Å². The molecule has 4 nitrogen and oxygen atoms in total. The average Bonchev–Trinajstić information content (AvgIpc) is 2.78. The van der Waals surface area contributed by atoms with Crippen LogP contribution in [0.2, 0.25) is 0 Å². The largest absolute Gasteiger partial charge is 0.391 e. The standard InChI is InChI=1S/C12H22N2O2/c1-9(15)11-6-4-8-14(11)12(16)10-5-2-3-7-13-10/h9-11,13,15H,2-8H2,1H3. The molecule has 16 heavy (non-hydrogen) atoms. The van der Waals surface area contributed by atoms with Gasteiger partial charge in [0, 0.05) is 6.54 Å². The molecular formula is C12H22N2O2. The number of aliphatic hydroxyl groups is 1. The van der Waals surface area contributed by atoms with Gasteiger partial charge in [0.05, 0.1) is 18.2 Å². The Morgan fingerprint density at radius 3 is 2.81 bits per heavy atom. The normalized spacial score (nSPS) is 32.8. The molecule has 2 aliphatic heterocycles. The van der Waals surface area contributed by atoms with Crippen molar-refractivity contribution in [2.24, 2.45) is 0 Å². The summed E-state index contributed by atoms with van der Waals surface area (Å²) < 4.78 is 0. The highest BCUT2D eigenvalue weighted by molar-refractivity contribution is 5.82. The molecule has 92 valence electrons. The molecule has 2 aliphatic rings. The van der Waals surface area contributed by atoms with Gasteiger partial charge in [0.2, 0.25) is 5.91 Å². The molecule has 2 heterocycles. The van der Waals surface area contributed by atoms with Gasteiger partial charge in [0.15, 0.2) is 0 Å². The van der Waals surface area contributed by atoms with E-state index >= 15 is 0 Å². The highest BCUT2D eigenvalue weighted by atomic mass is 16.3. The van der Waals surface area contributed by atoms with Crippen molar-refractivity contribution in [2.45, 2.75) is 57.2 Å². The summed E-state index contributed by atoms with van der Waals surface area (Å²) in [5.74, 6) is 0.197. The van der Waals surface area contributed by atoms with Gasteiger partial charge in [0.25, 0.3) is 0 Å². The van der Waals surface area contributed by atoms with Crippen LogP contribution in [0.4, 0.5) is 0 Å². The van der Waals surface area contributed by atoms with Crippen molar-refractivity contribution >= 4 is 5.91 Å². The SMILES string of the molecule is CC(O)C1CCCN1C(=O)C1CCCCN1. The van der Waals surface area contributed by atoms with E-state index in [0.717, 1.165) is 38.8 Å². The lowest BCUT2D eigenvalue weighted by molar-refractivity contribution is -0.136.